The third-order valence-corrected chi connectivity index (χ3v) is 3.06. The SMILES string of the molecule is COC(=O)C(=O)NC1=CC=C(Oc2ccc(OC(F)(F)F)cc2)CC1. The van der Waals surface area contributed by atoms with Crippen molar-refractivity contribution >= 4 is 11.9 Å². The van der Waals surface area contributed by atoms with Crippen molar-refractivity contribution in [3.05, 3.63) is 47.9 Å². The molecule has 0 saturated heterocycles. The number of esters is 1. The highest BCUT2D eigenvalue weighted by Crippen LogP contribution is 2.27. The van der Waals surface area contributed by atoms with E-state index in [0.717, 1.165) is 19.2 Å². The summed E-state index contributed by atoms with van der Waals surface area (Å²) in [6.07, 6.45) is -0.723. The van der Waals surface area contributed by atoms with Crippen molar-refractivity contribution in [1.82, 2.24) is 5.32 Å². The standard InChI is InChI=1S/C16H14F3NO5/c1-23-15(22)14(21)20-10-2-4-11(5-3-10)24-12-6-8-13(9-7-12)25-16(17,18)19/h2,4,6-9H,3,5H2,1H3,(H,20,21). The lowest BCUT2D eigenvalue weighted by molar-refractivity contribution is -0.274. The van der Waals surface area contributed by atoms with Gasteiger partial charge in [-0.05, 0) is 42.8 Å². The lowest BCUT2D eigenvalue weighted by atomic mass is 10.1. The number of carbonyl (C=O) groups excluding carboxylic acids is 2. The Morgan fingerprint density at radius 2 is 1.68 bits per heavy atom. The molecule has 2 rings (SSSR count). The first-order valence-electron chi connectivity index (χ1n) is 7.09. The molecule has 1 N–H and O–H groups in total. The van der Waals surface area contributed by atoms with Crippen LogP contribution in [0.2, 0.25) is 0 Å². The number of benzene rings is 1. The maximum atomic E-state index is 12.1. The van der Waals surface area contributed by atoms with Gasteiger partial charge in [0.15, 0.2) is 0 Å². The van der Waals surface area contributed by atoms with Crippen LogP contribution in [-0.2, 0) is 14.3 Å². The number of rotatable bonds is 4. The van der Waals surface area contributed by atoms with Gasteiger partial charge in [-0.2, -0.15) is 0 Å². The molecule has 0 fully saturated rings. The number of amides is 1. The van der Waals surface area contributed by atoms with Gasteiger partial charge in [-0.1, -0.05) is 0 Å². The molecule has 1 aliphatic carbocycles. The van der Waals surface area contributed by atoms with Crippen LogP contribution >= 0.6 is 0 Å². The van der Waals surface area contributed by atoms with E-state index in [9.17, 15) is 22.8 Å². The fraction of sp³-hybridized carbons (Fsp3) is 0.250. The van der Waals surface area contributed by atoms with Gasteiger partial charge >= 0.3 is 18.2 Å². The molecule has 0 unspecified atom stereocenters. The van der Waals surface area contributed by atoms with E-state index in [2.05, 4.69) is 14.8 Å². The fourth-order valence-electron chi connectivity index (χ4n) is 1.96. The normalized spacial score (nSPS) is 14.1. The molecule has 6 nitrogen and oxygen atoms in total. The predicted molar refractivity (Wildman–Crippen MR) is 79.3 cm³/mol. The van der Waals surface area contributed by atoms with Gasteiger partial charge < -0.3 is 19.5 Å². The van der Waals surface area contributed by atoms with Crippen LogP contribution in [0.4, 0.5) is 13.2 Å². The van der Waals surface area contributed by atoms with Crippen molar-refractivity contribution in [1.29, 1.82) is 0 Å². The molecule has 0 spiro atoms. The summed E-state index contributed by atoms with van der Waals surface area (Å²) in [7, 11) is 1.11. The molecule has 0 atom stereocenters. The molecule has 0 aliphatic heterocycles. The van der Waals surface area contributed by atoms with Crippen molar-refractivity contribution in [2.75, 3.05) is 7.11 Å². The first kappa shape index (κ1) is 18.4. The van der Waals surface area contributed by atoms with Crippen molar-refractivity contribution in [2.24, 2.45) is 0 Å². The van der Waals surface area contributed by atoms with Crippen LogP contribution in [0.15, 0.2) is 47.9 Å². The molecule has 9 heteroatoms. The van der Waals surface area contributed by atoms with Crippen LogP contribution < -0.4 is 14.8 Å². The maximum Gasteiger partial charge on any atom is 0.573 e. The number of ether oxygens (including phenoxy) is 3. The molecule has 1 aromatic carbocycles. The van der Waals surface area contributed by atoms with Gasteiger partial charge in [-0.25, -0.2) is 4.79 Å². The molecule has 25 heavy (non-hydrogen) atoms. The zero-order valence-electron chi connectivity index (χ0n) is 13.1. The summed E-state index contributed by atoms with van der Waals surface area (Å²) in [6.45, 7) is 0. The molecule has 0 bridgehead atoms. The van der Waals surface area contributed by atoms with E-state index in [1.807, 2.05) is 0 Å². The van der Waals surface area contributed by atoms with Gasteiger partial charge in [0.05, 0.1) is 7.11 Å². The molecule has 0 heterocycles. The lowest BCUT2D eigenvalue weighted by Gasteiger charge is -2.16. The fourth-order valence-corrected chi connectivity index (χ4v) is 1.96. The highest BCUT2D eigenvalue weighted by molar-refractivity contribution is 6.32. The molecule has 0 aromatic heterocycles. The number of methoxy groups -OCH3 is 1. The second-order valence-electron chi connectivity index (χ2n) is 4.89. The molecule has 134 valence electrons. The molecule has 0 saturated carbocycles. The number of hydrogen-bond acceptors (Lipinski definition) is 5. The van der Waals surface area contributed by atoms with E-state index in [-0.39, 0.29) is 5.75 Å². The molecule has 1 aliphatic rings. The predicted octanol–water partition coefficient (Wildman–Crippen LogP) is 2.81. The van der Waals surface area contributed by atoms with E-state index < -0.39 is 18.2 Å². The van der Waals surface area contributed by atoms with E-state index in [4.69, 9.17) is 4.74 Å². The monoisotopic (exact) mass is 357 g/mol. The number of halogens is 3. The Hall–Kier alpha value is -2.97. The number of carbonyl (C=O) groups is 2. The second-order valence-corrected chi connectivity index (χ2v) is 4.89. The van der Waals surface area contributed by atoms with Gasteiger partial charge in [0.2, 0.25) is 0 Å². The van der Waals surface area contributed by atoms with Gasteiger partial charge in [-0.3, -0.25) is 4.79 Å². The second kappa shape index (κ2) is 7.73. The zero-order chi connectivity index (χ0) is 18.4. The summed E-state index contributed by atoms with van der Waals surface area (Å²) in [6, 6.07) is 4.98. The average molecular weight is 357 g/mol. The Balaban J connectivity index is 1.93. The van der Waals surface area contributed by atoms with Crippen molar-refractivity contribution in [3.8, 4) is 11.5 Å². The molecular weight excluding hydrogens is 343 g/mol. The third kappa shape index (κ3) is 5.87. The van der Waals surface area contributed by atoms with Gasteiger partial charge in [0, 0.05) is 12.1 Å². The Labute approximate surface area is 140 Å². The minimum Gasteiger partial charge on any atom is -0.462 e. The van der Waals surface area contributed by atoms with Crippen LogP contribution in [-0.4, -0.2) is 25.3 Å². The van der Waals surface area contributed by atoms with Crippen LogP contribution in [0, 0.1) is 0 Å². The van der Waals surface area contributed by atoms with Crippen molar-refractivity contribution in [2.45, 2.75) is 19.2 Å². The van der Waals surface area contributed by atoms with Crippen LogP contribution in [0.5, 0.6) is 11.5 Å². The summed E-state index contributed by atoms with van der Waals surface area (Å²) in [5.74, 6) is -1.30. The minimum absolute atomic E-state index is 0.342. The number of alkyl halides is 3. The first-order valence-corrected chi connectivity index (χ1v) is 7.09. The topological polar surface area (TPSA) is 73.9 Å². The van der Waals surface area contributed by atoms with Crippen LogP contribution in [0.25, 0.3) is 0 Å². The number of hydrogen-bond donors (Lipinski definition) is 1. The molecule has 1 aromatic rings. The highest BCUT2D eigenvalue weighted by Gasteiger charge is 2.31. The Bertz CT molecular complexity index is 707. The first-order chi connectivity index (χ1) is 11.8. The zero-order valence-corrected chi connectivity index (χ0v) is 13.1. The van der Waals surface area contributed by atoms with E-state index in [0.29, 0.717) is 30.0 Å². The Kier molecular flexibility index (Phi) is 5.68. The van der Waals surface area contributed by atoms with Gasteiger partial charge in [0.1, 0.15) is 17.3 Å². The van der Waals surface area contributed by atoms with Gasteiger partial charge in [0.25, 0.3) is 0 Å². The molecule has 1 amide bonds. The number of nitrogens with one attached hydrogen (secondary N) is 1. The molecule has 0 radical (unpaired) electrons. The highest BCUT2D eigenvalue weighted by atomic mass is 19.4. The Morgan fingerprint density at radius 1 is 1.04 bits per heavy atom. The summed E-state index contributed by atoms with van der Waals surface area (Å²) >= 11 is 0. The number of allylic oxidation sites excluding steroid dienone is 4. The lowest BCUT2D eigenvalue weighted by Crippen LogP contribution is -2.31. The van der Waals surface area contributed by atoms with Crippen LogP contribution in [0.1, 0.15) is 12.8 Å². The van der Waals surface area contributed by atoms with Gasteiger partial charge in [-0.15, -0.1) is 13.2 Å². The van der Waals surface area contributed by atoms with E-state index >= 15 is 0 Å². The van der Waals surface area contributed by atoms with Crippen LogP contribution in [0.3, 0.4) is 0 Å². The Morgan fingerprint density at radius 3 is 2.20 bits per heavy atom. The third-order valence-electron chi connectivity index (χ3n) is 3.06. The minimum atomic E-state index is -4.75. The van der Waals surface area contributed by atoms with Crippen molar-refractivity contribution in [3.63, 3.8) is 0 Å². The summed E-state index contributed by atoms with van der Waals surface area (Å²) < 4.78 is 49.9. The van der Waals surface area contributed by atoms with E-state index in [1.165, 1.54) is 12.1 Å². The summed E-state index contributed by atoms with van der Waals surface area (Å²) in [5.41, 5.74) is 0.525. The smallest absolute Gasteiger partial charge is 0.462 e. The largest absolute Gasteiger partial charge is 0.573 e. The summed E-state index contributed by atoms with van der Waals surface area (Å²) in [4.78, 5) is 22.4. The molecular formula is C16H14F3NO5. The average Bonchev–Trinajstić information content (AvgIpc) is 2.56. The van der Waals surface area contributed by atoms with Crippen molar-refractivity contribution < 1.29 is 37.0 Å². The summed E-state index contributed by atoms with van der Waals surface area (Å²) in [5, 5.41) is 2.41. The quantitative estimate of drug-likeness (QED) is 0.663. The maximum absolute atomic E-state index is 12.1. The van der Waals surface area contributed by atoms with E-state index in [1.54, 1.807) is 12.2 Å².